The topological polar surface area (TPSA) is 89.4 Å². The number of amides is 1. The molecule has 5 rings (SSSR count). The van der Waals surface area contributed by atoms with Crippen LogP contribution in [0, 0.1) is 6.92 Å². The van der Waals surface area contributed by atoms with Gasteiger partial charge in [0.1, 0.15) is 6.17 Å². The Labute approximate surface area is 190 Å². The van der Waals surface area contributed by atoms with Crippen molar-refractivity contribution in [1.82, 2.24) is 19.7 Å². The molecular formula is C24H29FN4O4. The molecule has 0 radical (unpaired) electrons. The van der Waals surface area contributed by atoms with Crippen LogP contribution in [0.1, 0.15) is 48.1 Å². The summed E-state index contributed by atoms with van der Waals surface area (Å²) in [5.41, 5.74) is 2.66. The zero-order chi connectivity index (χ0) is 23.1. The number of aromatic amines is 1. The Hall–Kier alpha value is -2.78. The second-order valence-corrected chi connectivity index (χ2v) is 9.14. The van der Waals surface area contributed by atoms with Gasteiger partial charge in [0.05, 0.1) is 48.0 Å². The summed E-state index contributed by atoms with van der Waals surface area (Å²) in [4.78, 5) is 30.9. The molecule has 2 atom stereocenters. The van der Waals surface area contributed by atoms with Gasteiger partial charge in [-0.05, 0) is 50.8 Å². The average Bonchev–Trinajstić information content (AvgIpc) is 3.47. The number of piperidine rings is 1. The number of benzene rings is 1. The number of hydrogen-bond acceptors (Lipinski definition) is 5. The molecule has 8 nitrogen and oxygen atoms in total. The molecule has 0 bridgehead atoms. The summed E-state index contributed by atoms with van der Waals surface area (Å²) in [6.45, 7) is 5.82. The van der Waals surface area contributed by atoms with E-state index in [9.17, 15) is 14.0 Å². The molecule has 1 N–H and O–H groups in total. The predicted octanol–water partition coefficient (Wildman–Crippen LogP) is 3.13. The fourth-order valence-electron chi connectivity index (χ4n) is 4.88. The van der Waals surface area contributed by atoms with Gasteiger partial charge in [0.25, 0.3) is 11.5 Å². The Morgan fingerprint density at radius 1 is 1.30 bits per heavy atom. The third-order valence-corrected chi connectivity index (χ3v) is 6.68. The van der Waals surface area contributed by atoms with Crippen LogP contribution >= 0.6 is 0 Å². The smallest absolute Gasteiger partial charge is 0.259 e. The Bertz CT molecular complexity index is 1240. The lowest BCUT2D eigenvalue weighted by atomic mass is 10.0. The zero-order valence-electron chi connectivity index (χ0n) is 19.0. The standard InChI is InChI=1S/C24H29FN4O4/c1-14-9-21-19(22-20(23(30)27-21)11-26-29(22)16-5-8-32-13-16)10-18(14)24(31)28-6-3-17(4-7-28)33-12-15(2)25/h9-11,15-17H,3-8,12-13H2,1-2H3,(H,27,30)/t15-,16+/m1/s1. The van der Waals surface area contributed by atoms with Gasteiger partial charge in [0.2, 0.25) is 0 Å². The number of nitrogens with one attached hydrogen (secondary N) is 1. The highest BCUT2D eigenvalue weighted by Crippen LogP contribution is 2.30. The van der Waals surface area contributed by atoms with Crippen molar-refractivity contribution >= 4 is 27.7 Å². The van der Waals surface area contributed by atoms with Crippen LogP contribution in [0.3, 0.4) is 0 Å². The van der Waals surface area contributed by atoms with Crippen molar-refractivity contribution in [3.63, 3.8) is 0 Å². The van der Waals surface area contributed by atoms with Crippen molar-refractivity contribution in [2.75, 3.05) is 32.9 Å². The van der Waals surface area contributed by atoms with Gasteiger partial charge in [-0.1, -0.05) is 0 Å². The number of rotatable bonds is 5. The number of hydrogen-bond donors (Lipinski definition) is 1. The summed E-state index contributed by atoms with van der Waals surface area (Å²) in [6, 6.07) is 3.82. The molecule has 2 aliphatic heterocycles. The molecule has 0 unspecified atom stereocenters. The monoisotopic (exact) mass is 456 g/mol. The third kappa shape index (κ3) is 4.15. The maximum absolute atomic E-state index is 13.4. The molecule has 33 heavy (non-hydrogen) atoms. The number of aromatic nitrogens is 3. The maximum atomic E-state index is 13.4. The highest BCUT2D eigenvalue weighted by atomic mass is 19.1. The number of fused-ring (bicyclic) bond motifs is 3. The van der Waals surface area contributed by atoms with Crippen LogP contribution < -0.4 is 5.56 Å². The number of aryl methyl sites for hydroxylation is 1. The second-order valence-electron chi connectivity index (χ2n) is 9.14. The predicted molar refractivity (Wildman–Crippen MR) is 123 cm³/mol. The summed E-state index contributed by atoms with van der Waals surface area (Å²) in [7, 11) is 0. The number of carbonyl (C=O) groups is 1. The van der Waals surface area contributed by atoms with E-state index in [1.807, 2.05) is 28.6 Å². The van der Waals surface area contributed by atoms with Crippen LogP contribution in [0.5, 0.6) is 0 Å². The number of likely N-dealkylation sites (tertiary alicyclic amines) is 1. The first-order valence-corrected chi connectivity index (χ1v) is 11.6. The molecule has 0 saturated carbocycles. The normalized spacial score (nSPS) is 20.7. The van der Waals surface area contributed by atoms with Gasteiger partial charge in [-0.2, -0.15) is 5.10 Å². The molecule has 2 aromatic heterocycles. The summed E-state index contributed by atoms with van der Waals surface area (Å²) in [5.74, 6) is -0.0404. The molecule has 176 valence electrons. The lowest BCUT2D eigenvalue weighted by Gasteiger charge is -2.32. The molecule has 0 spiro atoms. The minimum atomic E-state index is -0.988. The summed E-state index contributed by atoms with van der Waals surface area (Å²) < 4.78 is 26.1. The minimum absolute atomic E-state index is 0.0161. The van der Waals surface area contributed by atoms with Crippen LogP contribution in [0.25, 0.3) is 21.8 Å². The van der Waals surface area contributed by atoms with E-state index in [1.165, 1.54) is 6.92 Å². The molecular weight excluding hydrogens is 427 g/mol. The Balaban J connectivity index is 1.48. The van der Waals surface area contributed by atoms with Gasteiger partial charge in [0.15, 0.2) is 0 Å². The first-order chi connectivity index (χ1) is 15.9. The summed E-state index contributed by atoms with van der Waals surface area (Å²) in [6.07, 6.45) is 2.81. The molecule has 3 aromatic rings. The van der Waals surface area contributed by atoms with Crippen LogP contribution in [0.15, 0.2) is 23.1 Å². The SMILES string of the molecule is Cc1cc2[nH]c(=O)c3cnn([C@H]4CCOC4)c3c2cc1C(=O)N1CCC(OC[C@@H](C)F)CC1. The molecule has 1 aromatic carbocycles. The maximum Gasteiger partial charge on any atom is 0.259 e. The average molecular weight is 457 g/mol. The highest BCUT2D eigenvalue weighted by Gasteiger charge is 2.27. The number of nitrogens with zero attached hydrogens (tertiary/aromatic N) is 3. The number of alkyl halides is 1. The van der Waals surface area contributed by atoms with Crippen molar-refractivity contribution in [2.24, 2.45) is 0 Å². The van der Waals surface area contributed by atoms with E-state index < -0.39 is 6.17 Å². The van der Waals surface area contributed by atoms with E-state index in [4.69, 9.17) is 9.47 Å². The second kappa shape index (κ2) is 8.87. The van der Waals surface area contributed by atoms with Crippen molar-refractivity contribution in [3.8, 4) is 0 Å². The Morgan fingerprint density at radius 2 is 2.09 bits per heavy atom. The largest absolute Gasteiger partial charge is 0.379 e. The van der Waals surface area contributed by atoms with E-state index in [0.29, 0.717) is 55.6 Å². The Kier molecular flexibility index (Phi) is 5.92. The first-order valence-electron chi connectivity index (χ1n) is 11.6. The summed E-state index contributed by atoms with van der Waals surface area (Å²) >= 11 is 0. The van der Waals surface area contributed by atoms with Crippen molar-refractivity contribution in [1.29, 1.82) is 0 Å². The zero-order valence-corrected chi connectivity index (χ0v) is 19.0. The Morgan fingerprint density at radius 3 is 2.79 bits per heavy atom. The minimum Gasteiger partial charge on any atom is -0.379 e. The van der Waals surface area contributed by atoms with Crippen molar-refractivity contribution in [3.05, 3.63) is 39.8 Å². The molecule has 2 aliphatic rings. The van der Waals surface area contributed by atoms with Crippen LogP contribution in [-0.4, -0.2) is 70.8 Å². The van der Waals surface area contributed by atoms with Crippen LogP contribution in [-0.2, 0) is 9.47 Å². The van der Waals surface area contributed by atoms with Crippen molar-refractivity contribution < 1.29 is 18.7 Å². The molecule has 9 heteroatoms. The summed E-state index contributed by atoms with van der Waals surface area (Å²) in [5, 5.41) is 5.81. The van der Waals surface area contributed by atoms with Gasteiger partial charge in [-0.3, -0.25) is 14.3 Å². The number of H-pyrrole nitrogens is 1. The van der Waals surface area contributed by atoms with Crippen LogP contribution in [0.2, 0.25) is 0 Å². The molecule has 4 heterocycles. The molecule has 2 saturated heterocycles. The van der Waals surface area contributed by atoms with E-state index in [2.05, 4.69) is 10.1 Å². The number of halogens is 1. The lowest BCUT2D eigenvalue weighted by Crippen LogP contribution is -2.41. The van der Waals surface area contributed by atoms with E-state index in [0.717, 1.165) is 22.9 Å². The molecule has 1 amide bonds. The van der Waals surface area contributed by atoms with Gasteiger partial charge in [-0.15, -0.1) is 0 Å². The van der Waals surface area contributed by atoms with Gasteiger partial charge in [0, 0.05) is 30.6 Å². The van der Waals surface area contributed by atoms with Crippen molar-refractivity contribution in [2.45, 2.75) is 51.4 Å². The fourth-order valence-corrected chi connectivity index (χ4v) is 4.88. The number of ether oxygens (including phenoxy) is 2. The molecule has 2 fully saturated rings. The third-order valence-electron chi connectivity index (χ3n) is 6.68. The van der Waals surface area contributed by atoms with E-state index in [1.54, 1.807) is 6.20 Å². The molecule has 0 aliphatic carbocycles. The lowest BCUT2D eigenvalue weighted by molar-refractivity contribution is -0.0101. The first kappa shape index (κ1) is 22.0. The van der Waals surface area contributed by atoms with Gasteiger partial charge < -0.3 is 19.4 Å². The number of carbonyl (C=O) groups excluding carboxylic acids is 1. The number of pyridine rings is 1. The highest BCUT2D eigenvalue weighted by molar-refractivity contribution is 6.07. The van der Waals surface area contributed by atoms with Gasteiger partial charge in [-0.25, -0.2) is 4.39 Å². The van der Waals surface area contributed by atoms with E-state index >= 15 is 0 Å². The van der Waals surface area contributed by atoms with Crippen LogP contribution in [0.4, 0.5) is 4.39 Å². The van der Waals surface area contributed by atoms with E-state index in [-0.39, 0.29) is 30.2 Å². The van der Waals surface area contributed by atoms with Gasteiger partial charge >= 0.3 is 0 Å². The fraction of sp³-hybridized carbons (Fsp3) is 0.542. The quantitative estimate of drug-likeness (QED) is 0.637.